The number of nitrogens with one attached hydrogen (secondary N) is 1. The van der Waals surface area contributed by atoms with Crippen LogP contribution >= 0.6 is 0 Å². The van der Waals surface area contributed by atoms with Gasteiger partial charge in [0.2, 0.25) is 0 Å². The van der Waals surface area contributed by atoms with Crippen LogP contribution in [-0.4, -0.2) is 36.8 Å². The van der Waals surface area contributed by atoms with Gasteiger partial charge in [-0.15, -0.1) is 0 Å². The molecule has 0 spiro atoms. The number of hydrogen-bond donors (Lipinski definition) is 1. The highest BCUT2D eigenvalue weighted by Crippen LogP contribution is 2.13. The van der Waals surface area contributed by atoms with Crippen LogP contribution in [0.2, 0.25) is 0 Å². The van der Waals surface area contributed by atoms with Crippen LogP contribution < -0.4 is 5.32 Å². The summed E-state index contributed by atoms with van der Waals surface area (Å²) in [7, 11) is 3.65. The lowest BCUT2D eigenvalue weighted by atomic mass is 10.1. The summed E-state index contributed by atoms with van der Waals surface area (Å²) in [5, 5.41) is 3.23. The van der Waals surface area contributed by atoms with E-state index < -0.39 is 0 Å². The fourth-order valence-corrected chi connectivity index (χ4v) is 2.00. The van der Waals surface area contributed by atoms with Crippen molar-refractivity contribution in [1.82, 2.24) is 15.3 Å². The monoisotopic (exact) mass is 245 g/mol. The van der Waals surface area contributed by atoms with E-state index in [2.05, 4.69) is 15.3 Å². The second-order valence-corrected chi connectivity index (χ2v) is 4.39. The van der Waals surface area contributed by atoms with E-state index >= 15 is 0 Å². The number of aryl methyl sites for hydroxylation is 1. The number of para-hydroxylation sites is 2. The molecular formula is C14H19N3O. The predicted molar refractivity (Wildman–Crippen MR) is 72.7 cm³/mol. The maximum Gasteiger partial charge on any atom is 0.0890 e. The number of fused-ring (bicyclic) bond motifs is 1. The predicted octanol–water partition coefficient (Wildman–Crippen LogP) is 1.72. The largest absolute Gasteiger partial charge is 0.383 e. The van der Waals surface area contributed by atoms with Crippen LogP contribution in [0.5, 0.6) is 0 Å². The van der Waals surface area contributed by atoms with Gasteiger partial charge in [-0.3, -0.25) is 0 Å². The highest BCUT2D eigenvalue weighted by molar-refractivity contribution is 5.74. The first-order valence-electron chi connectivity index (χ1n) is 6.13. The number of methoxy groups -OCH3 is 1. The highest BCUT2D eigenvalue weighted by Gasteiger charge is 2.11. The lowest BCUT2D eigenvalue weighted by Gasteiger charge is -2.15. The van der Waals surface area contributed by atoms with Crippen molar-refractivity contribution >= 4 is 11.0 Å². The third-order valence-corrected chi connectivity index (χ3v) is 3.06. The summed E-state index contributed by atoms with van der Waals surface area (Å²) in [5.41, 5.74) is 3.92. The van der Waals surface area contributed by atoms with Gasteiger partial charge in [0.1, 0.15) is 0 Å². The van der Waals surface area contributed by atoms with Crippen molar-refractivity contribution in [2.24, 2.45) is 0 Å². The van der Waals surface area contributed by atoms with Gasteiger partial charge in [0.05, 0.1) is 29.0 Å². The third kappa shape index (κ3) is 2.83. The molecule has 4 heteroatoms. The van der Waals surface area contributed by atoms with Crippen LogP contribution in [-0.2, 0) is 11.2 Å². The van der Waals surface area contributed by atoms with Crippen LogP contribution in [0.25, 0.3) is 11.0 Å². The van der Waals surface area contributed by atoms with Crippen molar-refractivity contribution < 1.29 is 4.74 Å². The van der Waals surface area contributed by atoms with E-state index in [1.807, 2.05) is 38.2 Å². The molecule has 1 atom stereocenters. The molecule has 1 heterocycles. The Bertz CT molecular complexity index is 527. The number of aromatic nitrogens is 2. The Morgan fingerprint density at radius 1 is 1.22 bits per heavy atom. The zero-order valence-corrected chi connectivity index (χ0v) is 11.1. The second kappa shape index (κ2) is 5.89. The summed E-state index contributed by atoms with van der Waals surface area (Å²) in [6.45, 7) is 2.68. The standard InChI is InChI=1S/C14H19N3O/c1-10-14(8-11(15-2)9-18-3)17-13-7-5-4-6-12(13)16-10/h4-7,11,15H,8-9H2,1-3H3. The zero-order valence-electron chi connectivity index (χ0n) is 11.1. The van der Waals surface area contributed by atoms with Crippen molar-refractivity contribution in [2.45, 2.75) is 19.4 Å². The molecule has 0 aliphatic rings. The summed E-state index contributed by atoms with van der Waals surface area (Å²) in [6.07, 6.45) is 0.827. The molecule has 1 aromatic carbocycles. The molecule has 2 rings (SSSR count). The Hall–Kier alpha value is -1.52. The molecule has 18 heavy (non-hydrogen) atoms. The van der Waals surface area contributed by atoms with Gasteiger partial charge in [0.15, 0.2) is 0 Å². The lowest BCUT2D eigenvalue weighted by molar-refractivity contribution is 0.169. The van der Waals surface area contributed by atoms with E-state index in [4.69, 9.17) is 4.74 Å². The Kier molecular flexibility index (Phi) is 4.23. The number of nitrogens with zero attached hydrogens (tertiary/aromatic N) is 2. The fraction of sp³-hybridized carbons (Fsp3) is 0.429. The molecular weight excluding hydrogens is 226 g/mol. The molecule has 1 N–H and O–H groups in total. The maximum atomic E-state index is 5.18. The number of likely N-dealkylation sites (N-methyl/N-ethyl adjacent to an activating group) is 1. The lowest BCUT2D eigenvalue weighted by Crippen LogP contribution is -2.32. The minimum absolute atomic E-state index is 0.268. The summed E-state index contributed by atoms with van der Waals surface area (Å²) in [6, 6.07) is 8.22. The average Bonchev–Trinajstić information content (AvgIpc) is 2.39. The van der Waals surface area contributed by atoms with Crippen molar-refractivity contribution in [3.63, 3.8) is 0 Å². The van der Waals surface area contributed by atoms with E-state index in [9.17, 15) is 0 Å². The van der Waals surface area contributed by atoms with Crippen molar-refractivity contribution in [3.05, 3.63) is 35.7 Å². The van der Waals surface area contributed by atoms with Crippen LogP contribution in [0.3, 0.4) is 0 Å². The van der Waals surface area contributed by atoms with Gasteiger partial charge in [-0.05, 0) is 26.1 Å². The van der Waals surface area contributed by atoms with E-state index in [0.717, 1.165) is 28.8 Å². The average molecular weight is 245 g/mol. The molecule has 0 saturated heterocycles. The minimum Gasteiger partial charge on any atom is -0.383 e. The van der Waals surface area contributed by atoms with Gasteiger partial charge in [0.25, 0.3) is 0 Å². The summed E-state index contributed by atoms with van der Waals surface area (Å²) in [5.74, 6) is 0. The van der Waals surface area contributed by atoms with Gasteiger partial charge in [0, 0.05) is 19.6 Å². The Morgan fingerprint density at radius 2 is 1.89 bits per heavy atom. The molecule has 0 aliphatic heterocycles. The third-order valence-electron chi connectivity index (χ3n) is 3.06. The smallest absolute Gasteiger partial charge is 0.0890 e. The van der Waals surface area contributed by atoms with Crippen molar-refractivity contribution in [3.8, 4) is 0 Å². The topological polar surface area (TPSA) is 47.0 Å². The van der Waals surface area contributed by atoms with Gasteiger partial charge < -0.3 is 10.1 Å². The summed E-state index contributed by atoms with van der Waals surface area (Å²) >= 11 is 0. The first kappa shape index (κ1) is 12.9. The molecule has 0 aliphatic carbocycles. The Balaban J connectivity index is 2.29. The second-order valence-electron chi connectivity index (χ2n) is 4.39. The fourth-order valence-electron chi connectivity index (χ4n) is 2.00. The first-order chi connectivity index (χ1) is 8.74. The van der Waals surface area contributed by atoms with Crippen LogP contribution in [0, 0.1) is 6.92 Å². The molecule has 0 fully saturated rings. The van der Waals surface area contributed by atoms with Crippen LogP contribution in [0.4, 0.5) is 0 Å². The summed E-state index contributed by atoms with van der Waals surface area (Å²) in [4.78, 5) is 9.28. The molecule has 0 saturated carbocycles. The van der Waals surface area contributed by atoms with Crippen molar-refractivity contribution in [2.75, 3.05) is 20.8 Å². The number of hydrogen-bond acceptors (Lipinski definition) is 4. The van der Waals surface area contributed by atoms with E-state index in [-0.39, 0.29) is 6.04 Å². The normalized spacial score (nSPS) is 12.8. The Morgan fingerprint density at radius 3 is 2.50 bits per heavy atom. The molecule has 4 nitrogen and oxygen atoms in total. The molecule has 0 radical (unpaired) electrons. The van der Waals surface area contributed by atoms with Crippen LogP contribution in [0.1, 0.15) is 11.4 Å². The highest BCUT2D eigenvalue weighted by atomic mass is 16.5. The molecule has 1 aromatic heterocycles. The number of benzene rings is 1. The Labute approximate surface area is 107 Å². The SMILES string of the molecule is CNC(COC)Cc1nc2ccccc2nc1C. The van der Waals surface area contributed by atoms with E-state index in [1.54, 1.807) is 7.11 Å². The van der Waals surface area contributed by atoms with Gasteiger partial charge >= 0.3 is 0 Å². The summed E-state index contributed by atoms with van der Waals surface area (Å²) < 4.78 is 5.18. The van der Waals surface area contributed by atoms with E-state index in [1.165, 1.54) is 0 Å². The molecule has 96 valence electrons. The number of rotatable bonds is 5. The molecule has 0 bridgehead atoms. The molecule has 2 aromatic rings. The molecule has 1 unspecified atom stereocenters. The minimum atomic E-state index is 0.268. The van der Waals surface area contributed by atoms with Gasteiger partial charge in [-0.25, -0.2) is 9.97 Å². The zero-order chi connectivity index (χ0) is 13.0. The van der Waals surface area contributed by atoms with E-state index in [0.29, 0.717) is 6.61 Å². The van der Waals surface area contributed by atoms with Gasteiger partial charge in [-0.1, -0.05) is 12.1 Å². The molecule has 0 amide bonds. The maximum absolute atomic E-state index is 5.18. The quantitative estimate of drug-likeness (QED) is 0.871. The van der Waals surface area contributed by atoms with Crippen LogP contribution in [0.15, 0.2) is 24.3 Å². The number of ether oxygens (including phenoxy) is 1. The van der Waals surface area contributed by atoms with Gasteiger partial charge in [-0.2, -0.15) is 0 Å². The van der Waals surface area contributed by atoms with Crippen molar-refractivity contribution in [1.29, 1.82) is 0 Å². The first-order valence-corrected chi connectivity index (χ1v) is 6.13.